The predicted octanol–water partition coefficient (Wildman–Crippen LogP) is 1.24. The molecular weight excluding hydrogens is 254 g/mol. The number of H-pyrrole nitrogens is 1. The summed E-state index contributed by atoms with van der Waals surface area (Å²) in [5, 5.41) is 7.66. The van der Waals surface area contributed by atoms with Crippen LogP contribution in [0.2, 0.25) is 0 Å². The van der Waals surface area contributed by atoms with Crippen molar-refractivity contribution in [3.05, 3.63) is 52.5 Å². The lowest BCUT2D eigenvalue weighted by atomic mass is 9.93. The average molecular weight is 267 g/mol. The van der Waals surface area contributed by atoms with Crippen LogP contribution in [0.5, 0.6) is 0 Å². The molecule has 1 aliphatic rings. The van der Waals surface area contributed by atoms with Crippen LogP contribution in [0.3, 0.4) is 0 Å². The SMILES string of the molecule is O=c1c2cccnc2ncn1C1CCc2cn[nH]c2C1. The summed E-state index contributed by atoms with van der Waals surface area (Å²) < 4.78 is 1.73. The second kappa shape index (κ2) is 4.26. The van der Waals surface area contributed by atoms with Crippen molar-refractivity contribution in [2.75, 3.05) is 0 Å². The molecule has 20 heavy (non-hydrogen) atoms. The van der Waals surface area contributed by atoms with Gasteiger partial charge < -0.3 is 0 Å². The molecule has 1 aliphatic carbocycles. The first-order chi connectivity index (χ1) is 9.83. The lowest BCUT2D eigenvalue weighted by Crippen LogP contribution is -2.29. The van der Waals surface area contributed by atoms with E-state index in [2.05, 4.69) is 20.2 Å². The molecule has 0 spiro atoms. The Bertz CT molecular complexity index is 835. The smallest absolute Gasteiger partial charge is 0.263 e. The number of aromatic amines is 1. The summed E-state index contributed by atoms with van der Waals surface area (Å²) in [5.74, 6) is 0. The lowest BCUT2D eigenvalue weighted by molar-refractivity contribution is 0.425. The third-order valence-electron chi connectivity index (χ3n) is 3.94. The molecule has 6 heteroatoms. The molecule has 1 atom stereocenters. The van der Waals surface area contributed by atoms with Crippen LogP contribution in [0.15, 0.2) is 35.6 Å². The summed E-state index contributed by atoms with van der Waals surface area (Å²) in [6.07, 6.45) is 7.80. The fourth-order valence-electron chi connectivity index (χ4n) is 2.86. The highest BCUT2D eigenvalue weighted by Crippen LogP contribution is 2.26. The maximum atomic E-state index is 12.5. The topological polar surface area (TPSA) is 76.5 Å². The van der Waals surface area contributed by atoms with Gasteiger partial charge in [-0.25, -0.2) is 9.97 Å². The van der Waals surface area contributed by atoms with Gasteiger partial charge in [0.25, 0.3) is 5.56 Å². The minimum absolute atomic E-state index is 0.0175. The summed E-state index contributed by atoms with van der Waals surface area (Å²) in [5.41, 5.74) is 2.87. The van der Waals surface area contributed by atoms with Gasteiger partial charge >= 0.3 is 0 Å². The normalized spacial score (nSPS) is 18.1. The Morgan fingerprint density at radius 3 is 3.25 bits per heavy atom. The number of aryl methyl sites for hydroxylation is 1. The third-order valence-corrected chi connectivity index (χ3v) is 3.94. The molecule has 3 aromatic heterocycles. The van der Waals surface area contributed by atoms with Crippen molar-refractivity contribution in [3.63, 3.8) is 0 Å². The summed E-state index contributed by atoms with van der Waals surface area (Å²) >= 11 is 0. The summed E-state index contributed by atoms with van der Waals surface area (Å²) in [6, 6.07) is 3.68. The van der Waals surface area contributed by atoms with Crippen LogP contribution in [-0.2, 0) is 12.8 Å². The first-order valence-corrected chi connectivity index (χ1v) is 6.66. The van der Waals surface area contributed by atoms with Gasteiger partial charge in [-0.2, -0.15) is 5.10 Å². The fraction of sp³-hybridized carbons (Fsp3) is 0.286. The Hall–Kier alpha value is -2.50. The summed E-state index contributed by atoms with van der Waals surface area (Å²) in [4.78, 5) is 20.9. The first kappa shape index (κ1) is 11.3. The molecule has 3 heterocycles. The molecule has 0 saturated heterocycles. The molecule has 0 saturated carbocycles. The van der Waals surface area contributed by atoms with E-state index in [9.17, 15) is 4.79 Å². The minimum Gasteiger partial charge on any atom is -0.295 e. The van der Waals surface area contributed by atoms with E-state index >= 15 is 0 Å². The molecule has 1 unspecified atom stereocenters. The number of hydrogen-bond donors (Lipinski definition) is 1. The van der Waals surface area contributed by atoms with Gasteiger partial charge in [-0.15, -0.1) is 0 Å². The maximum Gasteiger partial charge on any atom is 0.263 e. The van der Waals surface area contributed by atoms with E-state index in [1.807, 2.05) is 6.20 Å². The van der Waals surface area contributed by atoms with Crippen LogP contribution in [0.25, 0.3) is 11.0 Å². The Kier molecular flexibility index (Phi) is 2.42. The number of hydrogen-bond acceptors (Lipinski definition) is 4. The zero-order valence-electron chi connectivity index (χ0n) is 10.8. The second-order valence-electron chi connectivity index (χ2n) is 5.10. The lowest BCUT2D eigenvalue weighted by Gasteiger charge is -2.23. The van der Waals surface area contributed by atoms with E-state index in [0.29, 0.717) is 11.0 Å². The van der Waals surface area contributed by atoms with Gasteiger partial charge in [-0.05, 0) is 30.5 Å². The largest absolute Gasteiger partial charge is 0.295 e. The van der Waals surface area contributed by atoms with Gasteiger partial charge in [-0.1, -0.05) is 0 Å². The van der Waals surface area contributed by atoms with Crippen LogP contribution in [-0.4, -0.2) is 24.7 Å². The van der Waals surface area contributed by atoms with E-state index in [0.717, 1.165) is 25.0 Å². The van der Waals surface area contributed by atoms with Crippen molar-refractivity contribution in [1.82, 2.24) is 24.7 Å². The van der Waals surface area contributed by atoms with E-state index in [1.54, 1.807) is 29.2 Å². The molecular formula is C14H13N5O. The molecule has 0 bridgehead atoms. The quantitative estimate of drug-likeness (QED) is 0.719. The van der Waals surface area contributed by atoms with E-state index in [4.69, 9.17) is 0 Å². The number of aromatic nitrogens is 5. The standard InChI is InChI=1S/C14H13N5O/c20-14-11-2-1-5-15-13(11)16-8-19(14)10-4-3-9-7-17-18-12(9)6-10/h1-2,5,7-8,10H,3-4,6H2,(H,17,18). The van der Waals surface area contributed by atoms with Crippen molar-refractivity contribution in [3.8, 4) is 0 Å². The molecule has 100 valence electrons. The summed E-state index contributed by atoms with van der Waals surface area (Å²) in [6.45, 7) is 0. The van der Waals surface area contributed by atoms with Gasteiger partial charge in [0.05, 0.1) is 11.6 Å². The van der Waals surface area contributed by atoms with Gasteiger partial charge in [0.15, 0.2) is 5.65 Å². The van der Waals surface area contributed by atoms with Gasteiger partial charge in [0.2, 0.25) is 0 Å². The highest BCUT2D eigenvalue weighted by atomic mass is 16.1. The zero-order chi connectivity index (χ0) is 13.5. The molecule has 0 aromatic carbocycles. The molecule has 3 aromatic rings. The van der Waals surface area contributed by atoms with Crippen molar-refractivity contribution >= 4 is 11.0 Å². The third kappa shape index (κ3) is 1.65. The number of pyridine rings is 1. The van der Waals surface area contributed by atoms with Crippen LogP contribution in [0, 0.1) is 0 Å². The van der Waals surface area contributed by atoms with Crippen LogP contribution in [0.4, 0.5) is 0 Å². The number of nitrogens with zero attached hydrogens (tertiary/aromatic N) is 4. The zero-order valence-corrected chi connectivity index (χ0v) is 10.8. The second-order valence-corrected chi connectivity index (χ2v) is 5.10. The van der Waals surface area contributed by atoms with Gasteiger partial charge in [0.1, 0.15) is 6.33 Å². The summed E-state index contributed by atoms with van der Waals surface area (Å²) in [7, 11) is 0. The van der Waals surface area contributed by atoms with E-state index < -0.39 is 0 Å². The Labute approximate surface area is 114 Å². The number of rotatable bonds is 1. The van der Waals surface area contributed by atoms with Crippen molar-refractivity contribution < 1.29 is 0 Å². The monoisotopic (exact) mass is 267 g/mol. The van der Waals surface area contributed by atoms with Crippen LogP contribution >= 0.6 is 0 Å². The molecule has 0 amide bonds. The molecule has 0 aliphatic heterocycles. The molecule has 0 fully saturated rings. The Morgan fingerprint density at radius 1 is 1.35 bits per heavy atom. The molecule has 1 N–H and O–H groups in total. The highest BCUT2D eigenvalue weighted by molar-refractivity contribution is 5.72. The average Bonchev–Trinajstić information content (AvgIpc) is 2.95. The minimum atomic E-state index is -0.0175. The van der Waals surface area contributed by atoms with Crippen LogP contribution < -0.4 is 5.56 Å². The van der Waals surface area contributed by atoms with Gasteiger partial charge in [0, 0.05) is 24.4 Å². The Morgan fingerprint density at radius 2 is 2.30 bits per heavy atom. The van der Waals surface area contributed by atoms with Crippen LogP contribution in [0.1, 0.15) is 23.7 Å². The first-order valence-electron chi connectivity index (χ1n) is 6.66. The van der Waals surface area contributed by atoms with E-state index in [-0.39, 0.29) is 11.6 Å². The predicted molar refractivity (Wildman–Crippen MR) is 73.4 cm³/mol. The number of fused-ring (bicyclic) bond motifs is 2. The van der Waals surface area contributed by atoms with Crippen molar-refractivity contribution in [2.45, 2.75) is 25.3 Å². The van der Waals surface area contributed by atoms with Gasteiger partial charge in [-0.3, -0.25) is 14.5 Å². The fourth-order valence-corrected chi connectivity index (χ4v) is 2.86. The maximum absolute atomic E-state index is 12.5. The van der Waals surface area contributed by atoms with E-state index in [1.165, 1.54) is 5.56 Å². The van der Waals surface area contributed by atoms with Crippen molar-refractivity contribution in [2.24, 2.45) is 0 Å². The molecule has 4 rings (SSSR count). The van der Waals surface area contributed by atoms with Crippen molar-refractivity contribution in [1.29, 1.82) is 0 Å². The highest BCUT2D eigenvalue weighted by Gasteiger charge is 2.22. The molecule has 0 radical (unpaired) electrons. The Balaban J connectivity index is 1.80. The number of nitrogens with one attached hydrogen (secondary N) is 1. The molecule has 6 nitrogen and oxygen atoms in total.